The van der Waals surface area contributed by atoms with E-state index in [0.29, 0.717) is 68.0 Å². The van der Waals surface area contributed by atoms with Gasteiger partial charge in [0.25, 0.3) is 0 Å². The molecular formula is C34H48FN5O6. The van der Waals surface area contributed by atoms with E-state index in [1.807, 2.05) is 27.7 Å². The lowest BCUT2D eigenvalue weighted by atomic mass is 9.93. The molecule has 0 spiro atoms. The molecule has 46 heavy (non-hydrogen) atoms. The summed E-state index contributed by atoms with van der Waals surface area (Å²) in [4.78, 5) is 69.2. The van der Waals surface area contributed by atoms with E-state index in [-0.39, 0.29) is 29.9 Å². The highest BCUT2D eigenvalue weighted by atomic mass is 19.3. The number of aromatic nitrogens is 1. The van der Waals surface area contributed by atoms with Crippen molar-refractivity contribution in [3.63, 3.8) is 0 Å². The van der Waals surface area contributed by atoms with Crippen LogP contribution < -0.4 is 21.0 Å². The van der Waals surface area contributed by atoms with Crippen LogP contribution in [0.25, 0.3) is 10.9 Å². The van der Waals surface area contributed by atoms with Crippen molar-refractivity contribution < 1.29 is 33.5 Å². The molecule has 0 saturated carbocycles. The predicted octanol–water partition coefficient (Wildman–Crippen LogP) is 3.57. The minimum Gasteiger partial charge on any atom is -0.343 e. The van der Waals surface area contributed by atoms with E-state index < -0.39 is 41.9 Å². The van der Waals surface area contributed by atoms with Crippen LogP contribution in [0.2, 0.25) is 0 Å². The number of carbonyl (C=O) groups is 5. The van der Waals surface area contributed by atoms with Gasteiger partial charge >= 0.3 is 0 Å². The summed E-state index contributed by atoms with van der Waals surface area (Å²) >= 11 is 0. The Balaban J connectivity index is 1.65. The third kappa shape index (κ3) is 8.24. The van der Waals surface area contributed by atoms with Crippen LogP contribution in [0.3, 0.4) is 0 Å². The SMILES string of the molecule is CCC(C)[C@@H]1NC(=O)[C@H](Cc2cn(OF)c3ccccc23)NC(=O)[C@H](CCCCCC(=O)C(C)C)NC(=O)[C@H]2CCCCN2C1=O. The lowest BCUT2D eigenvalue weighted by molar-refractivity contribution is -0.147. The molecule has 1 aromatic carbocycles. The lowest BCUT2D eigenvalue weighted by Crippen LogP contribution is -2.64. The second-order valence-corrected chi connectivity index (χ2v) is 13.0. The zero-order valence-electron chi connectivity index (χ0n) is 27.4. The molecule has 252 valence electrons. The van der Waals surface area contributed by atoms with Gasteiger partial charge in [0.15, 0.2) is 0 Å². The number of nitrogens with one attached hydrogen (secondary N) is 3. The van der Waals surface area contributed by atoms with Gasteiger partial charge in [-0.15, -0.1) is 4.73 Å². The van der Waals surface area contributed by atoms with E-state index in [1.54, 1.807) is 29.2 Å². The number of unbranched alkanes of at least 4 members (excludes halogenated alkanes) is 2. The maximum absolute atomic E-state index is 14.0. The van der Waals surface area contributed by atoms with Crippen LogP contribution in [0.15, 0.2) is 30.5 Å². The van der Waals surface area contributed by atoms with Crippen LogP contribution in [-0.2, 0) is 30.4 Å². The second-order valence-electron chi connectivity index (χ2n) is 13.0. The van der Waals surface area contributed by atoms with Gasteiger partial charge in [-0.2, -0.15) is 5.04 Å². The number of para-hydroxylation sites is 1. The van der Waals surface area contributed by atoms with Crippen molar-refractivity contribution in [3.8, 4) is 0 Å². The molecular weight excluding hydrogens is 593 g/mol. The topological polar surface area (TPSA) is 139 Å². The largest absolute Gasteiger partial charge is 0.343 e. The minimum atomic E-state index is -1.13. The first-order valence-corrected chi connectivity index (χ1v) is 16.7. The number of piperidine rings is 1. The fourth-order valence-electron chi connectivity index (χ4n) is 6.37. The molecule has 5 atom stereocenters. The summed E-state index contributed by atoms with van der Waals surface area (Å²) in [6.45, 7) is 7.92. The van der Waals surface area contributed by atoms with E-state index >= 15 is 0 Å². The fraction of sp³-hybridized carbons (Fsp3) is 0.618. The molecule has 0 aliphatic carbocycles. The molecule has 1 unspecified atom stereocenters. The van der Waals surface area contributed by atoms with Gasteiger partial charge in [0.2, 0.25) is 23.6 Å². The Hall–Kier alpha value is -3.96. The number of amides is 4. The van der Waals surface area contributed by atoms with Crippen LogP contribution in [-0.4, -0.2) is 69.8 Å². The van der Waals surface area contributed by atoms with Crippen LogP contribution in [0.1, 0.15) is 91.0 Å². The molecule has 1 aromatic heterocycles. The third-order valence-corrected chi connectivity index (χ3v) is 9.45. The van der Waals surface area contributed by atoms with Crippen molar-refractivity contribution in [2.75, 3.05) is 6.54 Å². The van der Waals surface area contributed by atoms with Gasteiger partial charge in [-0.25, -0.2) is 0 Å². The number of fused-ring (bicyclic) bond motifs is 2. The van der Waals surface area contributed by atoms with Crippen LogP contribution in [0.5, 0.6) is 0 Å². The highest BCUT2D eigenvalue weighted by Gasteiger charge is 2.41. The highest BCUT2D eigenvalue weighted by Crippen LogP contribution is 2.25. The Morgan fingerprint density at radius 2 is 1.67 bits per heavy atom. The molecule has 2 fully saturated rings. The van der Waals surface area contributed by atoms with Crippen LogP contribution >= 0.6 is 0 Å². The minimum absolute atomic E-state index is 0.0137. The normalized spacial score (nSPS) is 23.6. The summed E-state index contributed by atoms with van der Waals surface area (Å²) in [6, 6.07) is 3.22. The quantitative estimate of drug-likeness (QED) is 0.303. The molecule has 4 amide bonds. The van der Waals surface area contributed by atoms with Crippen molar-refractivity contribution in [3.05, 3.63) is 36.0 Å². The number of halogens is 1. The summed E-state index contributed by atoms with van der Waals surface area (Å²) in [5, 5.41) is 13.3. The zero-order chi connectivity index (χ0) is 33.4. The number of ketones is 1. The summed E-state index contributed by atoms with van der Waals surface area (Å²) < 4.78 is 14.4. The standard InChI is InChI=1S/C34H48FN5O6/c1-5-22(4)30-34(45)39-18-12-11-16-28(39)33(44)36-25(14-7-6-8-17-29(41)21(2)3)31(42)37-26(32(43)38-30)19-23-20-40(46-35)27-15-10-9-13-24(23)27/h9-10,13,15,20-22,25-26,28,30H,5-8,11-12,14,16-19H2,1-4H3,(H,36,44)(H,37,42)(H,38,43)/t22?,25-,26-,28+,30-/m0/s1. The number of nitrogens with zero attached hydrogens (tertiary/aromatic N) is 2. The first kappa shape index (κ1) is 34.9. The highest BCUT2D eigenvalue weighted by molar-refractivity contribution is 5.98. The van der Waals surface area contributed by atoms with E-state index in [9.17, 15) is 28.5 Å². The molecule has 0 bridgehead atoms. The van der Waals surface area contributed by atoms with Crippen molar-refractivity contribution in [2.24, 2.45) is 11.8 Å². The Morgan fingerprint density at radius 1 is 0.957 bits per heavy atom. The number of hydrogen-bond acceptors (Lipinski definition) is 6. The first-order chi connectivity index (χ1) is 22.0. The third-order valence-electron chi connectivity index (χ3n) is 9.45. The molecule has 2 aliphatic rings. The molecule has 3 heterocycles. The number of rotatable bonds is 12. The lowest BCUT2D eigenvalue weighted by Gasteiger charge is -2.39. The second kappa shape index (κ2) is 16.0. The average molecular weight is 642 g/mol. The van der Waals surface area contributed by atoms with E-state index in [2.05, 4.69) is 21.0 Å². The molecule has 12 heteroatoms. The summed E-state index contributed by atoms with van der Waals surface area (Å²) in [5.74, 6) is -1.87. The van der Waals surface area contributed by atoms with Gasteiger partial charge in [-0.1, -0.05) is 65.2 Å². The molecule has 2 aromatic rings. The maximum Gasteiger partial charge on any atom is 0.246 e. The zero-order valence-corrected chi connectivity index (χ0v) is 27.4. The molecule has 2 aliphatic heterocycles. The van der Waals surface area contributed by atoms with Crippen molar-refractivity contribution in [2.45, 2.75) is 116 Å². The summed E-state index contributed by atoms with van der Waals surface area (Å²) in [7, 11) is 0. The number of carbonyl (C=O) groups excluding carboxylic acids is 5. The average Bonchev–Trinajstić information content (AvgIpc) is 3.41. The van der Waals surface area contributed by atoms with Crippen molar-refractivity contribution in [1.82, 2.24) is 25.6 Å². The predicted molar refractivity (Wildman–Crippen MR) is 171 cm³/mol. The van der Waals surface area contributed by atoms with Gasteiger partial charge in [0, 0.05) is 35.2 Å². The number of benzene rings is 1. The Bertz CT molecular complexity index is 1410. The Kier molecular flexibility index (Phi) is 12.2. The number of Topliss-reactive ketones (excluding diaryl/α,β-unsaturated/α-hetero) is 1. The fourth-order valence-corrected chi connectivity index (χ4v) is 6.37. The summed E-state index contributed by atoms with van der Waals surface area (Å²) in [6.07, 6.45) is 6.67. The Labute approximate surface area is 269 Å². The summed E-state index contributed by atoms with van der Waals surface area (Å²) in [5.41, 5.74) is 1.00. The molecule has 0 radical (unpaired) electrons. The van der Waals surface area contributed by atoms with Gasteiger partial charge < -0.3 is 20.9 Å². The van der Waals surface area contributed by atoms with Crippen LogP contribution in [0, 0.1) is 11.8 Å². The van der Waals surface area contributed by atoms with Gasteiger partial charge in [0.05, 0.1) is 11.7 Å². The van der Waals surface area contributed by atoms with Gasteiger partial charge in [-0.3, -0.25) is 24.0 Å². The molecule has 3 N–H and O–H groups in total. The van der Waals surface area contributed by atoms with E-state index in [4.69, 9.17) is 0 Å². The first-order valence-electron chi connectivity index (χ1n) is 16.7. The van der Waals surface area contributed by atoms with Crippen molar-refractivity contribution >= 4 is 40.3 Å². The molecule has 4 rings (SSSR count). The number of hydrogen-bond donors (Lipinski definition) is 3. The van der Waals surface area contributed by atoms with Crippen LogP contribution in [0.4, 0.5) is 4.53 Å². The smallest absolute Gasteiger partial charge is 0.246 e. The van der Waals surface area contributed by atoms with Gasteiger partial charge in [-0.05, 0) is 49.7 Å². The molecule has 11 nitrogen and oxygen atoms in total. The Morgan fingerprint density at radius 3 is 2.39 bits per heavy atom. The van der Waals surface area contributed by atoms with Gasteiger partial charge in [0.1, 0.15) is 30.0 Å². The maximum atomic E-state index is 14.0. The monoisotopic (exact) mass is 641 g/mol. The molecule has 2 saturated heterocycles. The van der Waals surface area contributed by atoms with E-state index in [0.717, 1.165) is 17.6 Å². The van der Waals surface area contributed by atoms with E-state index in [1.165, 1.54) is 6.20 Å². The van der Waals surface area contributed by atoms with Crippen molar-refractivity contribution in [1.29, 1.82) is 0 Å².